The Morgan fingerprint density at radius 2 is 1.83 bits per heavy atom. The summed E-state index contributed by atoms with van der Waals surface area (Å²) in [5.74, 6) is 1.65. The molecule has 0 aliphatic carbocycles. The second kappa shape index (κ2) is 8.29. The SMILES string of the molecule is CCOc1ccc(C(=O)N2CCN(c3nc4c(OC)ccc(C)c4s3)CC2)cc1. The van der Waals surface area contributed by atoms with Crippen molar-refractivity contribution >= 4 is 32.6 Å². The molecule has 2 aromatic carbocycles. The highest BCUT2D eigenvalue weighted by molar-refractivity contribution is 7.22. The van der Waals surface area contributed by atoms with Gasteiger partial charge in [-0.1, -0.05) is 17.4 Å². The minimum Gasteiger partial charge on any atom is -0.494 e. The lowest BCUT2D eigenvalue weighted by atomic mass is 10.1. The molecule has 4 rings (SSSR count). The number of ether oxygens (including phenoxy) is 2. The fourth-order valence-electron chi connectivity index (χ4n) is 3.54. The Kier molecular flexibility index (Phi) is 5.58. The van der Waals surface area contributed by atoms with Gasteiger partial charge in [0.2, 0.25) is 0 Å². The number of anilines is 1. The third kappa shape index (κ3) is 3.87. The molecular formula is C22H25N3O3S. The number of aryl methyl sites for hydroxylation is 1. The van der Waals surface area contributed by atoms with E-state index in [1.807, 2.05) is 42.2 Å². The van der Waals surface area contributed by atoms with Gasteiger partial charge in [-0.25, -0.2) is 4.98 Å². The monoisotopic (exact) mass is 411 g/mol. The van der Waals surface area contributed by atoms with E-state index in [2.05, 4.69) is 17.9 Å². The summed E-state index contributed by atoms with van der Waals surface area (Å²) >= 11 is 1.69. The summed E-state index contributed by atoms with van der Waals surface area (Å²) in [5, 5.41) is 0.987. The van der Waals surface area contributed by atoms with Gasteiger partial charge >= 0.3 is 0 Å². The summed E-state index contributed by atoms with van der Waals surface area (Å²) in [5.41, 5.74) is 2.82. The van der Waals surface area contributed by atoms with Crippen LogP contribution >= 0.6 is 11.3 Å². The maximum Gasteiger partial charge on any atom is 0.253 e. The molecule has 0 saturated carbocycles. The normalized spacial score (nSPS) is 14.3. The standard InChI is InChI=1S/C22H25N3O3S/c1-4-28-17-8-6-16(7-9-17)21(26)24-11-13-25(14-12-24)22-23-19-18(27-3)10-5-15(2)20(19)29-22/h5-10H,4,11-14H2,1-3H3. The van der Waals surface area contributed by atoms with Crippen molar-refractivity contribution < 1.29 is 14.3 Å². The van der Waals surface area contributed by atoms with Crippen molar-refractivity contribution in [3.05, 3.63) is 47.5 Å². The topological polar surface area (TPSA) is 54.9 Å². The molecule has 0 bridgehead atoms. The lowest BCUT2D eigenvalue weighted by Gasteiger charge is -2.34. The van der Waals surface area contributed by atoms with E-state index in [9.17, 15) is 4.79 Å². The number of fused-ring (bicyclic) bond motifs is 1. The zero-order chi connectivity index (χ0) is 20.4. The number of thiazole rings is 1. The van der Waals surface area contributed by atoms with Gasteiger partial charge in [-0.3, -0.25) is 4.79 Å². The molecule has 1 aliphatic heterocycles. The summed E-state index contributed by atoms with van der Waals surface area (Å²) in [6, 6.07) is 11.4. The van der Waals surface area contributed by atoms with E-state index in [1.54, 1.807) is 18.4 Å². The molecule has 29 heavy (non-hydrogen) atoms. The Balaban J connectivity index is 1.44. The lowest BCUT2D eigenvalue weighted by Crippen LogP contribution is -2.48. The van der Waals surface area contributed by atoms with Crippen molar-refractivity contribution in [3.8, 4) is 11.5 Å². The van der Waals surface area contributed by atoms with Gasteiger partial charge in [0.05, 0.1) is 18.4 Å². The second-order valence-corrected chi connectivity index (χ2v) is 7.97. The number of methoxy groups -OCH3 is 1. The number of amides is 1. The van der Waals surface area contributed by atoms with Crippen LogP contribution in [-0.2, 0) is 0 Å². The molecule has 2 heterocycles. The molecule has 3 aromatic rings. The van der Waals surface area contributed by atoms with Crippen LogP contribution in [0.3, 0.4) is 0 Å². The van der Waals surface area contributed by atoms with Crippen LogP contribution in [0.1, 0.15) is 22.8 Å². The Bertz CT molecular complexity index is 1010. The summed E-state index contributed by atoms with van der Waals surface area (Å²) in [4.78, 5) is 21.8. The Hall–Kier alpha value is -2.80. The molecule has 0 unspecified atom stereocenters. The molecule has 0 spiro atoms. The molecule has 1 aliphatic rings. The van der Waals surface area contributed by atoms with Crippen LogP contribution in [0, 0.1) is 6.92 Å². The van der Waals surface area contributed by atoms with E-state index in [0.717, 1.165) is 39.9 Å². The predicted molar refractivity (Wildman–Crippen MR) is 117 cm³/mol. The van der Waals surface area contributed by atoms with Crippen LogP contribution in [0.15, 0.2) is 36.4 Å². The number of hydrogen-bond donors (Lipinski definition) is 0. The van der Waals surface area contributed by atoms with Crippen molar-refractivity contribution in [1.29, 1.82) is 0 Å². The van der Waals surface area contributed by atoms with Crippen molar-refractivity contribution in [3.63, 3.8) is 0 Å². The van der Waals surface area contributed by atoms with Gasteiger partial charge in [-0.05, 0) is 49.7 Å². The van der Waals surface area contributed by atoms with E-state index >= 15 is 0 Å². The van der Waals surface area contributed by atoms with Gasteiger partial charge < -0.3 is 19.3 Å². The molecule has 0 atom stereocenters. The van der Waals surface area contributed by atoms with E-state index < -0.39 is 0 Å². The smallest absolute Gasteiger partial charge is 0.253 e. The van der Waals surface area contributed by atoms with Gasteiger partial charge in [0.15, 0.2) is 5.13 Å². The predicted octanol–water partition coefficient (Wildman–Crippen LogP) is 3.97. The van der Waals surface area contributed by atoms with Crippen molar-refractivity contribution in [2.45, 2.75) is 13.8 Å². The van der Waals surface area contributed by atoms with Crippen molar-refractivity contribution in [1.82, 2.24) is 9.88 Å². The Labute approximate surface area is 174 Å². The lowest BCUT2D eigenvalue weighted by molar-refractivity contribution is 0.0746. The molecule has 1 aromatic heterocycles. The van der Waals surface area contributed by atoms with E-state index in [-0.39, 0.29) is 5.91 Å². The van der Waals surface area contributed by atoms with Gasteiger partial charge in [0, 0.05) is 31.7 Å². The van der Waals surface area contributed by atoms with Crippen LogP contribution < -0.4 is 14.4 Å². The molecule has 6 nitrogen and oxygen atoms in total. The van der Waals surface area contributed by atoms with Gasteiger partial charge in [-0.15, -0.1) is 0 Å². The summed E-state index contributed by atoms with van der Waals surface area (Å²) in [7, 11) is 1.68. The van der Waals surface area contributed by atoms with Crippen LogP contribution in [0.4, 0.5) is 5.13 Å². The number of carbonyl (C=O) groups excluding carboxylic acids is 1. The fourth-order valence-corrected chi connectivity index (χ4v) is 4.65. The summed E-state index contributed by atoms with van der Waals surface area (Å²) < 4.78 is 12.1. The van der Waals surface area contributed by atoms with Crippen LogP contribution in [0.25, 0.3) is 10.2 Å². The highest BCUT2D eigenvalue weighted by atomic mass is 32.1. The molecule has 7 heteroatoms. The highest BCUT2D eigenvalue weighted by Crippen LogP contribution is 2.36. The zero-order valence-electron chi connectivity index (χ0n) is 17.0. The molecule has 1 saturated heterocycles. The average Bonchev–Trinajstić information content (AvgIpc) is 3.21. The van der Waals surface area contributed by atoms with Crippen molar-refractivity contribution in [2.24, 2.45) is 0 Å². The number of piperazine rings is 1. The number of carbonyl (C=O) groups is 1. The minimum atomic E-state index is 0.0644. The van der Waals surface area contributed by atoms with E-state index in [0.29, 0.717) is 25.3 Å². The van der Waals surface area contributed by atoms with Crippen LogP contribution in [-0.4, -0.2) is 55.7 Å². The number of hydrogen-bond acceptors (Lipinski definition) is 6. The number of aromatic nitrogens is 1. The maximum atomic E-state index is 12.8. The zero-order valence-corrected chi connectivity index (χ0v) is 17.8. The third-order valence-corrected chi connectivity index (χ3v) is 6.41. The largest absolute Gasteiger partial charge is 0.494 e. The first-order chi connectivity index (χ1) is 14.1. The molecule has 0 N–H and O–H groups in total. The van der Waals surface area contributed by atoms with Crippen LogP contribution in [0.2, 0.25) is 0 Å². The summed E-state index contributed by atoms with van der Waals surface area (Å²) in [6.07, 6.45) is 0. The Morgan fingerprint density at radius 1 is 1.10 bits per heavy atom. The first-order valence-electron chi connectivity index (χ1n) is 9.82. The molecule has 152 valence electrons. The van der Waals surface area contributed by atoms with Gasteiger partial charge in [0.25, 0.3) is 5.91 Å². The molecule has 1 amide bonds. The first-order valence-corrected chi connectivity index (χ1v) is 10.6. The minimum absolute atomic E-state index is 0.0644. The highest BCUT2D eigenvalue weighted by Gasteiger charge is 2.24. The van der Waals surface area contributed by atoms with Gasteiger partial charge in [0.1, 0.15) is 17.0 Å². The molecular weight excluding hydrogens is 386 g/mol. The fraction of sp³-hybridized carbons (Fsp3) is 0.364. The Morgan fingerprint density at radius 3 is 2.48 bits per heavy atom. The van der Waals surface area contributed by atoms with E-state index in [4.69, 9.17) is 14.5 Å². The number of benzene rings is 2. The second-order valence-electron chi connectivity index (χ2n) is 7.00. The van der Waals surface area contributed by atoms with E-state index in [1.165, 1.54) is 5.56 Å². The quantitative estimate of drug-likeness (QED) is 0.636. The third-order valence-electron chi connectivity index (χ3n) is 5.16. The summed E-state index contributed by atoms with van der Waals surface area (Å²) in [6.45, 7) is 7.55. The number of nitrogens with zero attached hydrogens (tertiary/aromatic N) is 3. The maximum absolute atomic E-state index is 12.8. The average molecular weight is 412 g/mol. The molecule has 1 fully saturated rings. The van der Waals surface area contributed by atoms with Gasteiger partial charge in [-0.2, -0.15) is 0 Å². The number of rotatable bonds is 5. The van der Waals surface area contributed by atoms with Crippen molar-refractivity contribution in [2.75, 3.05) is 44.8 Å². The first kappa shape index (κ1) is 19.5. The van der Waals surface area contributed by atoms with Crippen LogP contribution in [0.5, 0.6) is 11.5 Å². The molecule has 0 radical (unpaired) electrons.